The fourth-order valence-electron chi connectivity index (χ4n) is 1.50. The van der Waals surface area contributed by atoms with Crippen LogP contribution < -0.4 is 5.32 Å². The Balaban J connectivity index is 2.29. The summed E-state index contributed by atoms with van der Waals surface area (Å²) in [5, 5.41) is 3.08. The van der Waals surface area contributed by atoms with Crippen molar-refractivity contribution in [2.24, 2.45) is 0 Å². The third-order valence-electron chi connectivity index (χ3n) is 2.36. The molecule has 1 aliphatic rings. The van der Waals surface area contributed by atoms with Crippen LogP contribution in [0.1, 0.15) is 5.56 Å². The second kappa shape index (κ2) is 4.27. The van der Waals surface area contributed by atoms with Crippen LogP contribution in [0, 0.1) is 0 Å². The van der Waals surface area contributed by atoms with Gasteiger partial charge in [0, 0.05) is 12.0 Å². The van der Waals surface area contributed by atoms with Crippen LogP contribution in [0.5, 0.6) is 0 Å². The average Bonchev–Trinajstić information content (AvgIpc) is 2.29. The summed E-state index contributed by atoms with van der Waals surface area (Å²) < 4.78 is 27.7. The Morgan fingerprint density at radius 1 is 1.25 bits per heavy atom. The van der Waals surface area contributed by atoms with E-state index in [1.807, 2.05) is 6.08 Å². The van der Waals surface area contributed by atoms with Gasteiger partial charge in [-0.2, -0.15) is 0 Å². The zero-order valence-electron chi connectivity index (χ0n) is 8.93. The molecular formula is C11H13NO3S. The Hall–Kier alpha value is -1.33. The zero-order chi connectivity index (χ0) is 11.6. The van der Waals surface area contributed by atoms with E-state index >= 15 is 0 Å². The molecule has 0 saturated heterocycles. The van der Waals surface area contributed by atoms with Gasteiger partial charge in [0.05, 0.1) is 11.5 Å². The van der Waals surface area contributed by atoms with E-state index in [-0.39, 0.29) is 0 Å². The summed E-state index contributed by atoms with van der Waals surface area (Å²) in [7, 11) is -3.11. The van der Waals surface area contributed by atoms with Crippen molar-refractivity contribution in [3.63, 3.8) is 0 Å². The van der Waals surface area contributed by atoms with Crippen LogP contribution >= 0.6 is 0 Å². The summed E-state index contributed by atoms with van der Waals surface area (Å²) in [4.78, 5) is 0.337. The topological polar surface area (TPSA) is 55.4 Å². The maximum atomic E-state index is 11.3. The van der Waals surface area contributed by atoms with Crippen LogP contribution in [-0.4, -0.2) is 28.0 Å². The molecule has 1 aliphatic heterocycles. The van der Waals surface area contributed by atoms with Crippen LogP contribution in [0.2, 0.25) is 0 Å². The van der Waals surface area contributed by atoms with Crippen molar-refractivity contribution in [1.82, 2.24) is 5.32 Å². The first kappa shape index (κ1) is 11.2. The number of rotatable bonds is 2. The van der Waals surface area contributed by atoms with Gasteiger partial charge in [-0.25, -0.2) is 8.42 Å². The van der Waals surface area contributed by atoms with Crippen molar-refractivity contribution in [2.75, 3.05) is 19.6 Å². The molecule has 0 radical (unpaired) electrons. The standard InChI is InChI=1S/C11H13NO3S/c1-16(13,14)10-4-2-9(3-5-10)11-6-7-15-8-12-11/h2-6,12H,7-8H2,1H3. The second-order valence-corrected chi connectivity index (χ2v) is 5.62. The molecule has 1 heterocycles. The second-order valence-electron chi connectivity index (χ2n) is 3.61. The largest absolute Gasteiger partial charge is 0.362 e. The van der Waals surface area contributed by atoms with Gasteiger partial charge in [0.2, 0.25) is 0 Å². The molecule has 0 amide bonds. The number of ether oxygens (including phenoxy) is 1. The van der Waals surface area contributed by atoms with Crippen molar-refractivity contribution in [2.45, 2.75) is 4.90 Å². The Bertz CT molecular complexity index is 503. The molecular weight excluding hydrogens is 226 g/mol. The van der Waals surface area contributed by atoms with Gasteiger partial charge >= 0.3 is 0 Å². The lowest BCUT2D eigenvalue weighted by Gasteiger charge is -2.16. The first-order valence-corrected chi connectivity index (χ1v) is 6.79. The van der Waals surface area contributed by atoms with Crippen LogP contribution in [0.3, 0.4) is 0 Å². The molecule has 0 unspecified atom stereocenters. The molecule has 1 aromatic rings. The van der Waals surface area contributed by atoms with Gasteiger partial charge < -0.3 is 10.1 Å². The van der Waals surface area contributed by atoms with Crippen LogP contribution in [-0.2, 0) is 14.6 Å². The van der Waals surface area contributed by atoms with Gasteiger partial charge in [0.15, 0.2) is 9.84 Å². The summed E-state index contributed by atoms with van der Waals surface area (Å²) in [6, 6.07) is 6.81. The van der Waals surface area contributed by atoms with E-state index in [0.717, 1.165) is 11.3 Å². The van der Waals surface area contributed by atoms with E-state index in [9.17, 15) is 8.42 Å². The highest BCUT2D eigenvalue weighted by Gasteiger charge is 2.09. The summed E-state index contributed by atoms with van der Waals surface area (Å²) in [5.41, 5.74) is 1.95. The van der Waals surface area contributed by atoms with E-state index in [4.69, 9.17) is 4.74 Å². The predicted octanol–water partition coefficient (Wildman–Crippen LogP) is 1.01. The van der Waals surface area contributed by atoms with E-state index in [2.05, 4.69) is 5.32 Å². The molecule has 0 aromatic heterocycles. The Labute approximate surface area is 94.8 Å². The quantitative estimate of drug-likeness (QED) is 0.836. The van der Waals surface area contributed by atoms with Gasteiger partial charge in [0.25, 0.3) is 0 Å². The van der Waals surface area contributed by atoms with Gasteiger partial charge in [-0.1, -0.05) is 12.1 Å². The maximum Gasteiger partial charge on any atom is 0.175 e. The highest BCUT2D eigenvalue weighted by molar-refractivity contribution is 7.90. The monoisotopic (exact) mass is 239 g/mol. The highest BCUT2D eigenvalue weighted by atomic mass is 32.2. The summed E-state index contributed by atoms with van der Waals surface area (Å²) >= 11 is 0. The average molecular weight is 239 g/mol. The summed E-state index contributed by atoms with van der Waals surface area (Å²) in [6.45, 7) is 1.07. The molecule has 0 atom stereocenters. The molecule has 16 heavy (non-hydrogen) atoms. The maximum absolute atomic E-state index is 11.3. The van der Waals surface area contributed by atoms with Crippen molar-refractivity contribution >= 4 is 15.5 Å². The summed E-state index contributed by atoms with van der Waals surface area (Å²) in [5.74, 6) is 0. The van der Waals surface area contributed by atoms with Gasteiger partial charge in [0.1, 0.15) is 6.73 Å². The first-order chi connectivity index (χ1) is 7.57. The van der Waals surface area contributed by atoms with E-state index in [1.165, 1.54) is 6.26 Å². The van der Waals surface area contributed by atoms with E-state index in [1.54, 1.807) is 24.3 Å². The molecule has 0 saturated carbocycles. The predicted molar refractivity (Wildman–Crippen MR) is 61.5 cm³/mol. The third-order valence-corrected chi connectivity index (χ3v) is 3.49. The Morgan fingerprint density at radius 3 is 2.44 bits per heavy atom. The SMILES string of the molecule is CS(=O)(=O)c1ccc(C2=CCOCN2)cc1. The van der Waals surface area contributed by atoms with E-state index in [0.29, 0.717) is 18.2 Å². The Kier molecular flexibility index (Phi) is 2.98. The lowest BCUT2D eigenvalue weighted by atomic mass is 10.1. The number of nitrogens with one attached hydrogen (secondary N) is 1. The van der Waals surface area contributed by atoms with Crippen molar-refractivity contribution in [3.05, 3.63) is 35.9 Å². The lowest BCUT2D eigenvalue weighted by molar-refractivity contribution is 0.146. The number of hydrogen-bond acceptors (Lipinski definition) is 4. The molecule has 1 N–H and O–H groups in total. The molecule has 4 nitrogen and oxygen atoms in total. The van der Waals surface area contributed by atoms with Crippen molar-refractivity contribution in [3.8, 4) is 0 Å². The molecule has 1 aromatic carbocycles. The fourth-order valence-corrected chi connectivity index (χ4v) is 2.13. The van der Waals surface area contributed by atoms with Gasteiger partial charge in [-0.3, -0.25) is 0 Å². The molecule has 0 bridgehead atoms. The minimum atomic E-state index is -3.11. The minimum Gasteiger partial charge on any atom is -0.362 e. The number of sulfone groups is 1. The molecule has 0 fully saturated rings. The van der Waals surface area contributed by atoms with Crippen LogP contribution in [0.25, 0.3) is 5.70 Å². The van der Waals surface area contributed by atoms with Crippen molar-refractivity contribution in [1.29, 1.82) is 0 Å². The summed E-state index contributed by atoms with van der Waals surface area (Å²) in [6.07, 6.45) is 3.13. The van der Waals surface area contributed by atoms with E-state index < -0.39 is 9.84 Å². The minimum absolute atomic E-state index is 0.337. The molecule has 2 rings (SSSR count). The molecule has 5 heteroatoms. The smallest absolute Gasteiger partial charge is 0.175 e. The molecule has 86 valence electrons. The van der Waals surface area contributed by atoms with Crippen LogP contribution in [0.4, 0.5) is 0 Å². The lowest BCUT2D eigenvalue weighted by Crippen LogP contribution is -2.21. The van der Waals surface area contributed by atoms with Gasteiger partial charge in [-0.15, -0.1) is 0 Å². The van der Waals surface area contributed by atoms with Crippen molar-refractivity contribution < 1.29 is 13.2 Å². The Morgan fingerprint density at radius 2 is 1.94 bits per heavy atom. The number of hydrogen-bond donors (Lipinski definition) is 1. The van der Waals surface area contributed by atoms with Gasteiger partial charge in [-0.05, 0) is 23.8 Å². The third kappa shape index (κ3) is 2.43. The fraction of sp³-hybridized carbons (Fsp3) is 0.273. The normalized spacial score (nSPS) is 16.4. The van der Waals surface area contributed by atoms with Crippen LogP contribution in [0.15, 0.2) is 35.2 Å². The first-order valence-electron chi connectivity index (χ1n) is 4.89. The highest BCUT2D eigenvalue weighted by Crippen LogP contribution is 2.16. The number of benzene rings is 1. The zero-order valence-corrected chi connectivity index (χ0v) is 9.75. The molecule has 0 aliphatic carbocycles. The molecule has 0 spiro atoms.